The zero-order valence-electron chi connectivity index (χ0n) is 17.6. The molecule has 0 aromatic heterocycles. The minimum atomic E-state index is -3.87. The van der Waals surface area contributed by atoms with Crippen molar-refractivity contribution in [1.82, 2.24) is 4.31 Å². The number of sulfonamides is 1. The summed E-state index contributed by atoms with van der Waals surface area (Å²) < 4.78 is 33.3. The molecule has 1 unspecified atom stereocenters. The molecule has 1 heterocycles. The zero-order valence-corrected chi connectivity index (χ0v) is 18.4. The van der Waals surface area contributed by atoms with E-state index < -0.39 is 20.9 Å². The number of amides is 1. The van der Waals surface area contributed by atoms with Gasteiger partial charge in [-0.1, -0.05) is 12.5 Å². The minimum absolute atomic E-state index is 0.0775. The fourth-order valence-corrected chi connectivity index (χ4v) is 5.54. The van der Waals surface area contributed by atoms with Crippen LogP contribution in [0.4, 0.5) is 11.4 Å². The number of nitrogens with one attached hydrogen (secondary N) is 1. The average Bonchev–Trinajstić information content (AvgIpc) is 2.74. The van der Waals surface area contributed by atoms with Gasteiger partial charge in [0.25, 0.3) is 11.6 Å². The number of nitrogens with zero attached hydrogens (tertiary/aromatic N) is 2. The average molecular weight is 448 g/mol. The highest BCUT2D eigenvalue weighted by atomic mass is 32.2. The lowest BCUT2D eigenvalue weighted by Gasteiger charge is -2.32. The van der Waals surface area contributed by atoms with Crippen molar-refractivity contribution in [2.45, 2.75) is 44.0 Å². The maximum Gasteiger partial charge on any atom is 0.274 e. The monoisotopic (exact) mass is 447 g/mol. The van der Waals surface area contributed by atoms with E-state index in [4.69, 9.17) is 4.74 Å². The molecule has 1 amide bonds. The van der Waals surface area contributed by atoms with Crippen LogP contribution >= 0.6 is 0 Å². The van der Waals surface area contributed by atoms with Gasteiger partial charge in [0.2, 0.25) is 10.0 Å². The fourth-order valence-electron chi connectivity index (χ4n) is 3.66. The molecule has 10 heteroatoms. The molecular weight excluding hydrogens is 422 g/mol. The highest BCUT2D eigenvalue weighted by molar-refractivity contribution is 7.89. The summed E-state index contributed by atoms with van der Waals surface area (Å²) in [7, 11) is -2.49. The Morgan fingerprint density at radius 2 is 1.97 bits per heavy atom. The Hall–Kier alpha value is -2.98. The Balaban J connectivity index is 1.94. The van der Waals surface area contributed by atoms with Gasteiger partial charge in [0.1, 0.15) is 10.6 Å². The minimum Gasteiger partial charge on any atom is -0.495 e. The van der Waals surface area contributed by atoms with Crippen LogP contribution in [-0.4, -0.2) is 43.2 Å². The van der Waals surface area contributed by atoms with Crippen LogP contribution in [0.15, 0.2) is 41.3 Å². The lowest BCUT2D eigenvalue weighted by atomic mass is 10.1. The van der Waals surface area contributed by atoms with E-state index in [2.05, 4.69) is 5.32 Å². The fraction of sp³-hybridized carbons (Fsp3) is 0.381. The molecule has 0 spiro atoms. The van der Waals surface area contributed by atoms with Gasteiger partial charge >= 0.3 is 0 Å². The predicted octanol–water partition coefficient (Wildman–Crippen LogP) is 3.73. The summed E-state index contributed by atoms with van der Waals surface area (Å²) in [5.74, 6) is -0.427. The van der Waals surface area contributed by atoms with Crippen molar-refractivity contribution in [3.8, 4) is 5.75 Å². The molecule has 0 bridgehead atoms. The van der Waals surface area contributed by atoms with E-state index in [1.165, 1.54) is 41.7 Å². The van der Waals surface area contributed by atoms with Gasteiger partial charge in [0.15, 0.2) is 0 Å². The molecule has 1 aliphatic rings. The lowest BCUT2D eigenvalue weighted by Crippen LogP contribution is -2.42. The van der Waals surface area contributed by atoms with Crippen LogP contribution in [0.3, 0.4) is 0 Å². The number of aryl methyl sites for hydroxylation is 1. The van der Waals surface area contributed by atoms with Crippen LogP contribution in [0.5, 0.6) is 5.75 Å². The van der Waals surface area contributed by atoms with Crippen molar-refractivity contribution >= 4 is 27.3 Å². The van der Waals surface area contributed by atoms with Gasteiger partial charge in [-0.15, -0.1) is 0 Å². The van der Waals surface area contributed by atoms with Crippen molar-refractivity contribution in [2.24, 2.45) is 0 Å². The molecule has 31 heavy (non-hydrogen) atoms. The molecule has 3 rings (SSSR count). The molecule has 0 radical (unpaired) electrons. The van der Waals surface area contributed by atoms with E-state index >= 15 is 0 Å². The van der Waals surface area contributed by atoms with Gasteiger partial charge in [0, 0.05) is 35.5 Å². The molecule has 1 fully saturated rings. The van der Waals surface area contributed by atoms with E-state index in [1.54, 1.807) is 13.0 Å². The third-order valence-electron chi connectivity index (χ3n) is 5.42. The van der Waals surface area contributed by atoms with Crippen molar-refractivity contribution in [1.29, 1.82) is 0 Å². The van der Waals surface area contributed by atoms with Crippen molar-refractivity contribution in [2.75, 3.05) is 19.0 Å². The van der Waals surface area contributed by atoms with Crippen molar-refractivity contribution in [3.63, 3.8) is 0 Å². The summed E-state index contributed by atoms with van der Waals surface area (Å²) in [5.41, 5.74) is 0.700. The molecule has 1 saturated heterocycles. The van der Waals surface area contributed by atoms with Crippen molar-refractivity contribution < 1.29 is 22.9 Å². The summed E-state index contributed by atoms with van der Waals surface area (Å²) in [6.07, 6.45) is 2.52. The third-order valence-corrected chi connectivity index (χ3v) is 7.45. The second-order valence-electron chi connectivity index (χ2n) is 7.54. The smallest absolute Gasteiger partial charge is 0.274 e. The Bertz CT molecular complexity index is 1120. The van der Waals surface area contributed by atoms with E-state index in [-0.39, 0.29) is 33.6 Å². The van der Waals surface area contributed by atoms with Crippen LogP contribution in [0.1, 0.15) is 42.1 Å². The quantitative estimate of drug-likeness (QED) is 0.532. The number of carbonyl (C=O) groups excluding carboxylic acids is 1. The van der Waals surface area contributed by atoms with Crippen molar-refractivity contribution in [3.05, 3.63) is 57.6 Å². The highest BCUT2D eigenvalue weighted by Gasteiger charge is 2.33. The van der Waals surface area contributed by atoms with Crippen LogP contribution in [0.25, 0.3) is 0 Å². The first-order valence-electron chi connectivity index (χ1n) is 9.91. The maximum absolute atomic E-state index is 13.3. The molecule has 0 saturated carbocycles. The number of piperidine rings is 1. The van der Waals surface area contributed by atoms with Crippen LogP contribution < -0.4 is 10.1 Å². The molecule has 1 aliphatic heterocycles. The number of hydrogen-bond acceptors (Lipinski definition) is 6. The number of nitro groups is 1. The van der Waals surface area contributed by atoms with Crippen LogP contribution in [0.2, 0.25) is 0 Å². The summed E-state index contributed by atoms with van der Waals surface area (Å²) in [4.78, 5) is 23.3. The Labute approximate surface area is 181 Å². The van der Waals surface area contributed by atoms with Gasteiger partial charge in [-0.25, -0.2) is 8.42 Å². The molecule has 2 aromatic carbocycles. The molecular formula is C21H25N3O6S. The number of carbonyl (C=O) groups is 1. The molecule has 166 valence electrons. The predicted molar refractivity (Wildman–Crippen MR) is 116 cm³/mol. The Morgan fingerprint density at radius 1 is 1.23 bits per heavy atom. The normalized spacial score (nSPS) is 17.2. The summed E-state index contributed by atoms with van der Waals surface area (Å²) in [6, 6.07) is 8.39. The van der Waals surface area contributed by atoms with Gasteiger partial charge in [-0.05, 0) is 51.0 Å². The molecule has 9 nitrogen and oxygen atoms in total. The second kappa shape index (κ2) is 9.03. The Morgan fingerprint density at radius 3 is 2.61 bits per heavy atom. The number of benzene rings is 2. The summed E-state index contributed by atoms with van der Waals surface area (Å²) >= 11 is 0. The maximum atomic E-state index is 13.3. The molecule has 2 aromatic rings. The number of ether oxygens (including phenoxy) is 1. The number of nitro benzene ring substituents is 1. The number of methoxy groups -OCH3 is 1. The topological polar surface area (TPSA) is 119 Å². The first-order valence-corrected chi connectivity index (χ1v) is 11.4. The van der Waals surface area contributed by atoms with E-state index in [1.807, 2.05) is 6.92 Å². The number of hydrogen-bond donors (Lipinski definition) is 1. The lowest BCUT2D eigenvalue weighted by molar-refractivity contribution is -0.385. The molecule has 0 aliphatic carbocycles. The third kappa shape index (κ3) is 4.70. The summed E-state index contributed by atoms with van der Waals surface area (Å²) in [5, 5.41) is 13.7. The van der Waals surface area contributed by atoms with Crippen LogP contribution in [-0.2, 0) is 10.0 Å². The largest absolute Gasteiger partial charge is 0.495 e. The number of anilines is 1. The summed E-state index contributed by atoms with van der Waals surface area (Å²) in [6.45, 7) is 3.88. The Kier molecular flexibility index (Phi) is 6.61. The number of rotatable bonds is 6. The first kappa shape index (κ1) is 22.7. The van der Waals surface area contributed by atoms with Gasteiger partial charge in [-0.3, -0.25) is 14.9 Å². The van der Waals surface area contributed by atoms with Crippen LogP contribution in [0, 0.1) is 17.0 Å². The molecule has 1 N–H and O–H groups in total. The van der Waals surface area contributed by atoms with Gasteiger partial charge in [0.05, 0.1) is 12.0 Å². The first-order chi connectivity index (χ1) is 14.6. The SMILES string of the molecule is COc1ccc(C(=O)Nc2ccc(C)c([N+](=O)[O-])c2)cc1S(=O)(=O)N1CCCCC1C. The standard InChI is InChI=1S/C21H25N3O6S/c1-14-7-9-17(13-18(14)24(26)27)22-21(25)16-8-10-19(30-3)20(12-16)31(28,29)23-11-5-4-6-15(23)2/h7-10,12-13,15H,4-6,11H2,1-3H3,(H,22,25). The van der Waals surface area contributed by atoms with E-state index in [0.717, 1.165) is 19.3 Å². The van der Waals surface area contributed by atoms with E-state index in [9.17, 15) is 23.3 Å². The van der Waals surface area contributed by atoms with E-state index in [0.29, 0.717) is 12.1 Å². The van der Waals surface area contributed by atoms with Gasteiger partial charge < -0.3 is 10.1 Å². The van der Waals surface area contributed by atoms with Gasteiger partial charge in [-0.2, -0.15) is 4.31 Å². The second-order valence-corrected chi connectivity index (χ2v) is 9.40. The zero-order chi connectivity index (χ0) is 22.8. The highest BCUT2D eigenvalue weighted by Crippen LogP contribution is 2.32. The molecule has 1 atom stereocenters.